The number of rotatable bonds is 5. The van der Waals surface area contributed by atoms with Crippen molar-refractivity contribution in [1.82, 2.24) is 4.90 Å². The van der Waals surface area contributed by atoms with Gasteiger partial charge in [-0.1, -0.05) is 30.3 Å². The molecule has 0 fully saturated rings. The standard InChI is InChI=1S/C19H22N4S/c1-14(2)23-9-8-16-17(10-20)19(24-18(16)12-23)22-13-21-11-15-6-4-3-5-7-15/h3-7,13-14H,8-9,11-12H2,1-2H3,(H,21,22). The highest BCUT2D eigenvalue weighted by molar-refractivity contribution is 7.16. The van der Waals surface area contributed by atoms with Gasteiger partial charge in [-0.2, -0.15) is 5.26 Å². The van der Waals surface area contributed by atoms with Gasteiger partial charge in [0.15, 0.2) is 0 Å². The molecule has 3 rings (SSSR count). The Kier molecular flexibility index (Phi) is 5.29. The maximum absolute atomic E-state index is 9.53. The Morgan fingerprint density at radius 3 is 2.88 bits per heavy atom. The van der Waals surface area contributed by atoms with Crippen LogP contribution in [0.1, 0.15) is 35.4 Å². The highest BCUT2D eigenvalue weighted by atomic mass is 32.1. The number of hydrogen-bond donors (Lipinski definition) is 1. The molecule has 0 saturated heterocycles. The van der Waals surface area contributed by atoms with Gasteiger partial charge in [-0.15, -0.1) is 11.3 Å². The van der Waals surface area contributed by atoms with Crippen LogP contribution in [0.3, 0.4) is 0 Å². The zero-order valence-corrected chi connectivity index (χ0v) is 14.9. The summed E-state index contributed by atoms with van der Waals surface area (Å²) in [7, 11) is 0. The smallest absolute Gasteiger partial charge is 0.112 e. The molecule has 24 heavy (non-hydrogen) atoms. The van der Waals surface area contributed by atoms with Gasteiger partial charge in [0.25, 0.3) is 0 Å². The third-order valence-electron chi connectivity index (χ3n) is 4.33. The Bertz CT molecular complexity index is 756. The second-order valence-corrected chi connectivity index (χ2v) is 7.34. The Morgan fingerprint density at radius 1 is 1.38 bits per heavy atom. The number of fused-ring (bicyclic) bond motifs is 1. The third-order valence-corrected chi connectivity index (χ3v) is 5.48. The van der Waals surface area contributed by atoms with Crippen molar-refractivity contribution in [1.29, 1.82) is 5.26 Å². The summed E-state index contributed by atoms with van der Waals surface area (Å²) in [5, 5.41) is 13.7. The minimum Gasteiger partial charge on any atom is -0.337 e. The number of hydrogen-bond acceptors (Lipinski definition) is 4. The Hall–Kier alpha value is -2.16. The summed E-state index contributed by atoms with van der Waals surface area (Å²) in [6.07, 6.45) is 2.67. The molecule has 5 heteroatoms. The molecule has 2 aromatic rings. The lowest BCUT2D eigenvalue weighted by atomic mass is 10.0. The first-order valence-electron chi connectivity index (χ1n) is 8.26. The molecule has 1 aliphatic rings. The molecular formula is C19H22N4S. The van der Waals surface area contributed by atoms with Crippen LogP contribution in [0, 0.1) is 11.3 Å². The van der Waals surface area contributed by atoms with Crippen LogP contribution in [0.4, 0.5) is 5.00 Å². The summed E-state index contributed by atoms with van der Waals surface area (Å²) >= 11 is 1.69. The molecule has 0 bridgehead atoms. The van der Waals surface area contributed by atoms with E-state index in [4.69, 9.17) is 0 Å². The van der Waals surface area contributed by atoms with Crippen LogP contribution >= 0.6 is 11.3 Å². The summed E-state index contributed by atoms with van der Waals surface area (Å²) in [4.78, 5) is 8.17. The molecule has 4 nitrogen and oxygen atoms in total. The maximum atomic E-state index is 9.53. The fourth-order valence-corrected chi connectivity index (χ4v) is 4.11. The van der Waals surface area contributed by atoms with E-state index in [0.717, 1.165) is 30.1 Å². The van der Waals surface area contributed by atoms with Crippen LogP contribution in [0.25, 0.3) is 0 Å². The number of nitriles is 1. The summed E-state index contributed by atoms with van der Waals surface area (Å²) in [6, 6.07) is 13.1. The average Bonchev–Trinajstić information content (AvgIpc) is 2.96. The number of nitrogens with zero attached hydrogens (tertiary/aromatic N) is 3. The molecule has 0 aliphatic carbocycles. The predicted molar refractivity (Wildman–Crippen MR) is 101 cm³/mol. The zero-order valence-electron chi connectivity index (χ0n) is 14.1. The van der Waals surface area contributed by atoms with E-state index in [-0.39, 0.29) is 0 Å². The van der Waals surface area contributed by atoms with Gasteiger partial charge in [0.2, 0.25) is 0 Å². The molecule has 0 atom stereocenters. The van der Waals surface area contributed by atoms with E-state index in [1.54, 1.807) is 17.7 Å². The van der Waals surface area contributed by atoms with Gasteiger partial charge in [-0.3, -0.25) is 9.89 Å². The number of aliphatic imine (C=N–C) groups is 1. The van der Waals surface area contributed by atoms with Crippen molar-refractivity contribution in [3.05, 3.63) is 51.9 Å². The molecule has 124 valence electrons. The van der Waals surface area contributed by atoms with Crippen LogP contribution in [0.15, 0.2) is 35.3 Å². The van der Waals surface area contributed by atoms with E-state index < -0.39 is 0 Å². The van der Waals surface area contributed by atoms with E-state index in [1.807, 2.05) is 18.2 Å². The van der Waals surface area contributed by atoms with Crippen molar-refractivity contribution in [3.63, 3.8) is 0 Å². The number of anilines is 1. The molecule has 1 aromatic carbocycles. The monoisotopic (exact) mass is 338 g/mol. The van der Waals surface area contributed by atoms with Gasteiger partial charge in [-0.05, 0) is 31.4 Å². The van der Waals surface area contributed by atoms with Gasteiger partial charge in [-0.25, -0.2) is 0 Å². The Morgan fingerprint density at radius 2 is 2.17 bits per heavy atom. The van der Waals surface area contributed by atoms with Gasteiger partial charge >= 0.3 is 0 Å². The normalized spacial score (nSPS) is 14.8. The molecule has 0 unspecified atom stereocenters. The molecule has 2 heterocycles. The predicted octanol–water partition coefficient (Wildman–Crippen LogP) is 4.03. The molecular weight excluding hydrogens is 316 g/mol. The van der Waals surface area contributed by atoms with E-state index in [2.05, 4.69) is 47.3 Å². The summed E-state index contributed by atoms with van der Waals surface area (Å²) in [5.41, 5.74) is 3.19. The van der Waals surface area contributed by atoms with Gasteiger partial charge in [0.1, 0.15) is 11.1 Å². The topological polar surface area (TPSA) is 51.4 Å². The number of thiophene rings is 1. The molecule has 0 spiro atoms. The molecule has 1 N–H and O–H groups in total. The maximum Gasteiger partial charge on any atom is 0.112 e. The van der Waals surface area contributed by atoms with Crippen molar-refractivity contribution in [2.75, 3.05) is 11.9 Å². The largest absolute Gasteiger partial charge is 0.337 e. The first-order valence-corrected chi connectivity index (χ1v) is 9.08. The minimum absolute atomic E-state index is 0.537. The molecule has 1 aliphatic heterocycles. The highest BCUT2D eigenvalue weighted by Crippen LogP contribution is 2.36. The van der Waals surface area contributed by atoms with Gasteiger partial charge in [0.05, 0.1) is 18.4 Å². The molecule has 0 amide bonds. The quantitative estimate of drug-likeness (QED) is 0.661. The third kappa shape index (κ3) is 3.66. The van der Waals surface area contributed by atoms with Gasteiger partial charge in [0, 0.05) is 24.0 Å². The van der Waals surface area contributed by atoms with Crippen molar-refractivity contribution >= 4 is 22.7 Å². The number of benzene rings is 1. The molecule has 1 aromatic heterocycles. The lowest BCUT2D eigenvalue weighted by Crippen LogP contribution is -2.35. The minimum atomic E-state index is 0.537. The van der Waals surface area contributed by atoms with Crippen LogP contribution < -0.4 is 5.32 Å². The Balaban J connectivity index is 1.69. The van der Waals surface area contributed by atoms with Crippen molar-refractivity contribution in [2.24, 2.45) is 4.99 Å². The van der Waals surface area contributed by atoms with Crippen LogP contribution in [-0.4, -0.2) is 23.8 Å². The lowest BCUT2D eigenvalue weighted by Gasteiger charge is -2.30. The highest BCUT2D eigenvalue weighted by Gasteiger charge is 2.25. The van der Waals surface area contributed by atoms with E-state index >= 15 is 0 Å². The van der Waals surface area contributed by atoms with Crippen molar-refractivity contribution < 1.29 is 0 Å². The Labute approximate surface area is 147 Å². The molecule has 0 saturated carbocycles. The fraction of sp³-hybridized carbons (Fsp3) is 0.368. The SMILES string of the molecule is CC(C)N1CCc2c(sc(NC=NCc3ccccc3)c2C#N)C1. The van der Waals surface area contributed by atoms with E-state index in [0.29, 0.717) is 12.6 Å². The van der Waals surface area contributed by atoms with Gasteiger partial charge < -0.3 is 5.32 Å². The summed E-state index contributed by atoms with van der Waals surface area (Å²) < 4.78 is 0. The van der Waals surface area contributed by atoms with Crippen LogP contribution in [0.2, 0.25) is 0 Å². The van der Waals surface area contributed by atoms with Crippen LogP contribution in [-0.2, 0) is 19.5 Å². The van der Waals surface area contributed by atoms with Crippen molar-refractivity contribution in [3.8, 4) is 6.07 Å². The van der Waals surface area contributed by atoms with Crippen LogP contribution in [0.5, 0.6) is 0 Å². The fourth-order valence-electron chi connectivity index (χ4n) is 2.92. The van der Waals surface area contributed by atoms with E-state index in [9.17, 15) is 5.26 Å². The van der Waals surface area contributed by atoms with E-state index in [1.165, 1.54) is 16.0 Å². The molecule has 0 radical (unpaired) electrons. The first-order chi connectivity index (χ1) is 11.7. The summed E-state index contributed by atoms with van der Waals surface area (Å²) in [6.45, 7) is 7.05. The average molecular weight is 338 g/mol. The summed E-state index contributed by atoms with van der Waals surface area (Å²) in [5.74, 6) is 0. The second kappa shape index (κ2) is 7.61. The van der Waals surface area contributed by atoms with Crippen molar-refractivity contribution in [2.45, 2.75) is 39.4 Å². The lowest BCUT2D eigenvalue weighted by molar-refractivity contribution is 0.206. The zero-order chi connectivity index (χ0) is 16.9. The second-order valence-electron chi connectivity index (χ2n) is 6.23. The first kappa shape index (κ1) is 16.7. The number of nitrogens with one attached hydrogen (secondary N) is 1.